The van der Waals surface area contributed by atoms with E-state index in [0.29, 0.717) is 11.3 Å². The zero-order chi connectivity index (χ0) is 15.6. The number of carboxylic acid groups (broad SMARTS) is 1. The van der Waals surface area contributed by atoms with Gasteiger partial charge in [-0.05, 0) is 31.9 Å². The van der Waals surface area contributed by atoms with Gasteiger partial charge in [-0.3, -0.25) is 14.9 Å². The van der Waals surface area contributed by atoms with Gasteiger partial charge in [-0.2, -0.15) is 0 Å². The predicted octanol–water partition coefficient (Wildman–Crippen LogP) is 1.98. The number of rotatable bonds is 5. The average molecular weight is 293 g/mol. The molecule has 21 heavy (non-hydrogen) atoms. The molecule has 0 atom stereocenters. The van der Waals surface area contributed by atoms with Crippen molar-refractivity contribution in [1.82, 2.24) is 4.90 Å². The first-order valence-corrected chi connectivity index (χ1v) is 6.43. The summed E-state index contributed by atoms with van der Waals surface area (Å²) in [5, 5.41) is 22.1. The number of nitro groups is 1. The Hall–Kier alpha value is -2.64. The molecule has 8 heteroatoms. The van der Waals surface area contributed by atoms with Gasteiger partial charge in [-0.25, -0.2) is 4.79 Å². The quantitative estimate of drug-likeness (QED) is 0.636. The number of anilines is 1. The first-order chi connectivity index (χ1) is 9.88. The number of carbonyl (C=O) groups excluding carboxylic acids is 1. The third-order valence-electron chi connectivity index (χ3n) is 3.20. The van der Waals surface area contributed by atoms with Crippen LogP contribution in [0.2, 0.25) is 0 Å². The number of nitrogens with zero attached hydrogens (tertiary/aromatic N) is 2. The van der Waals surface area contributed by atoms with E-state index in [1.54, 1.807) is 6.92 Å². The van der Waals surface area contributed by atoms with Crippen molar-refractivity contribution < 1.29 is 19.6 Å². The molecule has 0 heterocycles. The van der Waals surface area contributed by atoms with Gasteiger partial charge >= 0.3 is 12.0 Å². The SMILES string of the molecule is Cc1cc(NC(=O)N(CC(=O)O)C2CC2)ccc1[N+](=O)[O-]. The lowest BCUT2D eigenvalue weighted by molar-refractivity contribution is -0.385. The molecule has 0 aliphatic heterocycles. The van der Waals surface area contributed by atoms with Crippen molar-refractivity contribution in [1.29, 1.82) is 0 Å². The number of hydrogen-bond acceptors (Lipinski definition) is 4. The minimum atomic E-state index is -1.07. The molecule has 1 aliphatic carbocycles. The normalized spacial score (nSPS) is 13.6. The summed E-state index contributed by atoms with van der Waals surface area (Å²) in [5.41, 5.74) is 0.797. The number of carboxylic acids is 1. The van der Waals surface area contributed by atoms with E-state index in [1.165, 1.54) is 23.1 Å². The van der Waals surface area contributed by atoms with E-state index in [2.05, 4.69) is 5.32 Å². The van der Waals surface area contributed by atoms with Gasteiger partial charge in [0, 0.05) is 23.4 Å². The Labute approximate surface area is 120 Å². The highest BCUT2D eigenvalue weighted by molar-refractivity contribution is 5.92. The molecule has 0 bridgehead atoms. The second-order valence-electron chi connectivity index (χ2n) is 4.94. The Balaban J connectivity index is 2.09. The lowest BCUT2D eigenvalue weighted by atomic mass is 10.2. The lowest BCUT2D eigenvalue weighted by Crippen LogP contribution is -2.40. The van der Waals surface area contributed by atoms with Crippen LogP contribution >= 0.6 is 0 Å². The molecule has 1 aromatic rings. The molecule has 0 unspecified atom stereocenters. The molecule has 1 saturated carbocycles. The maximum absolute atomic E-state index is 12.1. The van der Waals surface area contributed by atoms with Crippen molar-refractivity contribution in [2.24, 2.45) is 0 Å². The zero-order valence-corrected chi connectivity index (χ0v) is 11.4. The molecule has 112 valence electrons. The number of nitrogens with one attached hydrogen (secondary N) is 1. The fourth-order valence-electron chi connectivity index (χ4n) is 2.03. The monoisotopic (exact) mass is 293 g/mol. The smallest absolute Gasteiger partial charge is 0.323 e. The average Bonchev–Trinajstić information content (AvgIpc) is 3.19. The highest BCUT2D eigenvalue weighted by Gasteiger charge is 2.34. The minimum absolute atomic E-state index is 0.0300. The number of hydrogen-bond donors (Lipinski definition) is 2. The van der Waals surface area contributed by atoms with Crippen LogP contribution in [0.25, 0.3) is 0 Å². The van der Waals surface area contributed by atoms with Crippen LogP contribution in [0.5, 0.6) is 0 Å². The summed E-state index contributed by atoms with van der Waals surface area (Å²) in [4.78, 5) is 34.3. The summed E-state index contributed by atoms with van der Waals surface area (Å²) in [6, 6.07) is 3.67. The van der Waals surface area contributed by atoms with E-state index in [9.17, 15) is 19.7 Å². The van der Waals surface area contributed by atoms with Crippen molar-refractivity contribution in [3.8, 4) is 0 Å². The summed E-state index contributed by atoms with van der Waals surface area (Å²) < 4.78 is 0. The number of benzene rings is 1. The molecule has 0 spiro atoms. The Kier molecular flexibility index (Phi) is 4.06. The molecule has 1 aliphatic rings. The summed E-state index contributed by atoms with van der Waals surface area (Å²) in [5.74, 6) is -1.07. The topological polar surface area (TPSA) is 113 Å². The fraction of sp³-hybridized carbons (Fsp3) is 0.385. The fourth-order valence-corrected chi connectivity index (χ4v) is 2.03. The van der Waals surface area contributed by atoms with Gasteiger partial charge < -0.3 is 15.3 Å². The largest absolute Gasteiger partial charge is 0.480 e. The second kappa shape index (κ2) is 5.78. The van der Waals surface area contributed by atoms with Gasteiger partial charge in [0.2, 0.25) is 0 Å². The van der Waals surface area contributed by atoms with Gasteiger partial charge in [0.05, 0.1) is 4.92 Å². The summed E-state index contributed by atoms with van der Waals surface area (Å²) in [6.45, 7) is 1.21. The number of aryl methyl sites for hydroxylation is 1. The Bertz CT molecular complexity index is 597. The number of urea groups is 1. The maximum atomic E-state index is 12.1. The molecule has 0 aromatic heterocycles. The van der Waals surface area contributed by atoms with E-state index in [0.717, 1.165) is 12.8 Å². The zero-order valence-electron chi connectivity index (χ0n) is 11.4. The Morgan fingerprint density at radius 1 is 1.48 bits per heavy atom. The minimum Gasteiger partial charge on any atom is -0.480 e. The number of aliphatic carboxylic acids is 1. The van der Waals surface area contributed by atoms with Crippen LogP contribution in [0.15, 0.2) is 18.2 Å². The van der Waals surface area contributed by atoms with Crippen LogP contribution in [0.1, 0.15) is 18.4 Å². The van der Waals surface area contributed by atoms with E-state index in [4.69, 9.17) is 5.11 Å². The molecule has 0 saturated heterocycles. The van der Waals surface area contributed by atoms with E-state index in [1.807, 2.05) is 0 Å². The van der Waals surface area contributed by atoms with Gasteiger partial charge in [0.15, 0.2) is 0 Å². The molecule has 1 aromatic carbocycles. The highest BCUT2D eigenvalue weighted by atomic mass is 16.6. The van der Waals surface area contributed by atoms with Crippen molar-refractivity contribution in [3.63, 3.8) is 0 Å². The van der Waals surface area contributed by atoms with Gasteiger partial charge in [-0.15, -0.1) is 0 Å². The molecule has 2 rings (SSSR count). The predicted molar refractivity (Wildman–Crippen MR) is 74.2 cm³/mol. The van der Waals surface area contributed by atoms with E-state index < -0.39 is 16.9 Å². The number of nitro benzene ring substituents is 1. The van der Waals surface area contributed by atoms with E-state index in [-0.39, 0.29) is 18.3 Å². The number of carbonyl (C=O) groups is 2. The van der Waals surface area contributed by atoms with Gasteiger partial charge in [0.25, 0.3) is 5.69 Å². The van der Waals surface area contributed by atoms with Crippen LogP contribution in [-0.4, -0.2) is 39.5 Å². The van der Waals surface area contributed by atoms with Crippen LogP contribution < -0.4 is 5.32 Å². The Morgan fingerprint density at radius 2 is 2.14 bits per heavy atom. The first-order valence-electron chi connectivity index (χ1n) is 6.43. The van der Waals surface area contributed by atoms with Crippen molar-refractivity contribution in [2.45, 2.75) is 25.8 Å². The molecule has 1 fully saturated rings. The first kappa shape index (κ1) is 14.8. The summed E-state index contributed by atoms with van der Waals surface area (Å²) in [6.07, 6.45) is 1.58. The third-order valence-corrected chi connectivity index (χ3v) is 3.20. The molecule has 2 N–H and O–H groups in total. The van der Waals surface area contributed by atoms with Gasteiger partial charge in [0.1, 0.15) is 6.54 Å². The standard InChI is InChI=1S/C13H15N3O5/c1-8-6-9(2-5-11(8)16(20)21)14-13(19)15(7-12(17)18)10-3-4-10/h2,5-6,10H,3-4,7H2,1H3,(H,14,19)(H,17,18). The maximum Gasteiger partial charge on any atom is 0.323 e. The number of amides is 2. The van der Waals surface area contributed by atoms with Crippen LogP contribution in [-0.2, 0) is 4.79 Å². The molecular formula is C13H15N3O5. The Morgan fingerprint density at radius 3 is 2.62 bits per heavy atom. The molecule has 0 radical (unpaired) electrons. The summed E-state index contributed by atoms with van der Waals surface area (Å²) in [7, 11) is 0. The second-order valence-corrected chi connectivity index (χ2v) is 4.94. The molecular weight excluding hydrogens is 278 g/mol. The van der Waals surface area contributed by atoms with E-state index >= 15 is 0 Å². The highest BCUT2D eigenvalue weighted by Crippen LogP contribution is 2.28. The van der Waals surface area contributed by atoms with Gasteiger partial charge in [-0.1, -0.05) is 0 Å². The lowest BCUT2D eigenvalue weighted by Gasteiger charge is -2.20. The van der Waals surface area contributed by atoms with Crippen LogP contribution in [0, 0.1) is 17.0 Å². The van der Waals surface area contributed by atoms with Crippen LogP contribution in [0.3, 0.4) is 0 Å². The molecule has 8 nitrogen and oxygen atoms in total. The molecule has 2 amide bonds. The summed E-state index contributed by atoms with van der Waals surface area (Å²) >= 11 is 0. The van der Waals surface area contributed by atoms with Crippen molar-refractivity contribution in [2.75, 3.05) is 11.9 Å². The van der Waals surface area contributed by atoms with Crippen molar-refractivity contribution in [3.05, 3.63) is 33.9 Å². The van der Waals surface area contributed by atoms with Crippen molar-refractivity contribution >= 4 is 23.4 Å². The third kappa shape index (κ3) is 3.68. The van der Waals surface area contributed by atoms with Crippen LogP contribution in [0.4, 0.5) is 16.2 Å².